The molecule has 21 heavy (non-hydrogen) atoms. The average Bonchev–Trinajstić information content (AvgIpc) is 2.54. The molecule has 116 valence electrons. The number of ether oxygens (including phenoxy) is 2. The van der Waals surface area contributed by atoms with E-state index in [1.807, 2.05) is 24.3 Å². The fourth-order valence-corrected chi connectivity index (χ4v) is 2.18. The van der Waals surface area contributed by atoms with Crippen molar-refractivity contribution in [2.24, 2.45) is 5.73 Å². The number of benzene rings is 1. The molecule has 0 radical (unpaired) electrons. The van der Waals surface area contributed by atoms with Crippen LogP contribution in [0.15, 0.2) is 24.3 Å². The Balaban J connectivity index is 1.87. The molecule has 1 aliphatic heterocycles. The van der Waals surface area contributed by atoms with Crippen LogP contribution in [0.1, 0.15) is 6.92 Å². The molecule has 0 spiro atoms. The van der Waals surface area contributed by atoms with Crippen molar-refractivity contribution in [2.75, 3.05) is 44.7 Å². The standard InChI is InChI=1S/C15H23N3O3/c1-2-18-8-10-21-14(11-18)15(19)17-12-3-5-13(6-4-12)20-9-7-16/h3-6,14H,2,7-11,16H2,1H3,(H,17,19). The SMILES string of the molecule is CCN1CCOC(C(=O)Nc2ccc(OCCN)cc2)C1. The first-order valence-electron chi connectivity index (χ1n) is 7.30. The van der Waals surface area contributed by atoms with Crippen LogP contribution in [0.5, 0.6) is 5.75 Å². The fraction of sp³-hybridized carbons (Fsp3) is 0.533. The molecule has 0 aliphatic carbocycles. The molecule has 6 nitrogen and oxygen atoms in total. The molecule has 1 amide bonds. The Bertz CT molecular complexity index is 450. The van der Waals surface area contributed by atoms with E-state index in [2.05, 4.69) is 17.1 Å². The van der Waals surface area contributed by atoms with E-state index in [4.69, 9.17) is 15.2 Å². The summed E-state index contributed by atoms with van der Waals surface area (Å²) in [7, 11) is 0. The summed E-state index contributed by atoms with van der Waals surface area (Å²) < 4.78 is 10.9. The molecular weight excluding hydrogens is 270 g/mol. The van der Waals surface area contributed by atoms with E-state index in [1.54, 1.807) is 0 Å². The maximum Gasteiger partial charge on any atom is 0.254 e. The van der Waals surface area contributed by atoms with Crippen molar-refractivity contribution >= 4 is 11.6 Å². The van der Waals surface area contributed by atoms with E-state index in [0.717, 1.165) is 24.5 Å². The molecule has 0 bridgehead atoms. The van der Waals surface area contributed by atoms with Gasteiger partial charge in [-0.1, -0.05) is 6.92 Å². The van der Waals surface area contributed by atoms with Gasteiger partial charge in [-0.25, -0.2) is 0 Å². The number of likely N-dealkylation sites (N-methyl/N-ethyl adjacent to an activating group) is 1. The van der Waals surface area contributed by atoms with Crippen LogP contribution in [0, 0.1) is 0 Å². The summed E-state index contributed by atoms with van der Waals surface area (Å²) in [5, 5.41) is 2.87. The zero-order valence-corrected chi connectivity index (χ0v) is 12.4. The first kappa shape index (κ1) is 15.8. The number of carbonyl (C=O) groups excluding carboxylic acids is 1. The number of nitrogens with one attached hydrogen (secondary N) is 1. The molecule has 1 aliphatic rings. The Morgan fingerprint density at radius 3 is 2.90 bits per heavy atom. The molecule has 1 fully saturated rings. The van der Waals surface area contributed by atoms with E-state index in [9.17, 15) is 4.79 Å². The molecule has 1 aromatic carbocycles. The van der Waals surface area contributed by atoms with Gasteiger partial charge in [-0.15, -0.1) is 0 Å². The lowest BCUT2D eigenvalue weighted by Gasteiger charge is -2.31. The molecule has 1 atom stereocenters. The maximum atomic E-state index is 12.2. The highest BCUT2D eigenvalue weighted by Crippen LogP contribution is 2.16. The minimum absolute atomic E-state index is 0.108. The molecule has 1 unspecified atom stereocenters. The maximum absolute atomic E-state index is 12.2. The van der Waals surface area contributed by atoms with Gasteiger partial charge in [0.15, 0.2) is 0 Å². The number of anilines is 1. The van der Waals surface area contributed by atoms with Gasteiger partial charge >= 0.3 is 0 Å². The van der Waals surface area contributed by atoms with E-state index in [1.165, 1.54) is 0 Å². The minimum Gasteiger partial charge on any atom is -0.492 e. The number of rotatable bonds is 6. The Morgan fingerprint density at radius 2 is 2.24 bits per heavy atom. The number of carbonyl (C=O) groups is 1. The second-order valence-electron chi connectivity index (χ2n) is 4.90. The van der Waals surface area contributed by atoms with Gasteiger partial charge in [-0.05, 0) is 30.8 Å². The monoisotopic (exact) mass is 293 g/mol. The van der Waals surface area contributed by atoms with E-state index in [-0.39, 0.29) is 5.91 Å². The molecule has 1 aromatic rings. The van der Waals surface area contributed by atoms with Crippen LogP contribution < -0.4 is 15.8 Å². The topological polar surface area (TPSA) is 76.8 Å². The van der Waals surface area contributed by atoms with Crippen molar-refractivity contribution in [3.05, 3.63) is 24.3 Å². The zero-order chi connectivity index (χ0) is 15.1. The number of amides is 1. The highest BCUT2D eigenvalue weighted by molar-refractivity contribution is 5.94. The Hall–Kier alpha value is -1.63. The van der Waals surface area contributed by atoms with Gasteiger partial charge in [-0.2, -0.15) is 0 Å². The van der Waals surface area contributed by atoms with E-state index < -0.39 is 6.10 Å². The van der Waals surface area contributed by atoms with Gasteiger partial charge in [0.25, 0.3) is 5.91 Å². The second kappa shape index (κ2) is 7.97. The molecule has 3 N–H and O–H groups in total. The van der Waals surface area contributed by atoms with Crippen LogP contribution >= 0.6 is 0 Å². The smallest absolute Gasteiger partial charge is 0.254 e. The summed E-state index contributed by atoms with van der Waals surface area (Å²) in [5.74, 6) is 0.633. The summed E-state index contributed by atoms with van der Waals surface area (Å²) >= 11 is 0. The molecule has 1 saturated heterocycles. The van der Waals surface area contributed by atoms with E-state index in [0.29, 0.717) is 26.3 Å². The summed E-state index contributed by atoms with van der Waals surface area (Å²) in [6.45, 7) is 6.09. The Kier molecular flexibility index (Phi) is 5.98. The van der Waals surface area contributed by atoms with Gasteiger partial charge in [0, 0.05) is 25.3 Å². The summed E-state index contributed by atoms with van der Waals surface area (Å²) in [6, 6.07) is 7.24. The van der Waals surface area contributed by atoms with Gasteiger partial charge in [-0.3, -0.25) is 9.69 Å². The van der Waals surface area contributed by atoms with Crippen LogP contribution in [0.4, 0.5) is 5.69 Å². The van der Waals surface area contributed by atoms with Crippen molar-refractivity contribution in [3.63, 3.8) is 0 Å². The summed E-state index contributed by atoms with van der Waals surface area (Å²) in [5.41, 5.74) is 6.11. The zero-order valence-electron chi connectivity index (χ0n) is 12.4. The lowest BCUT2D eigenvalue weighted by molar-refractivity contribution is -0.132. The van der Waals surface area contributed by atoms with E-state index >= 15 is 0 Å². The predicted molar refractivity (Wildman–Crippen MR) is 81.5 cm³/mol. The third kappa shape index (κ3) is 4.70. The third-order valence-electron chi connectivity index (χ3n) is 3.40. The first-order chi connectivity index (χ1) is 10.2. The van der Waals surface area contributed by atoms with Crippen molar-refractivity contribution in [1.82, 2.24) is 4.90 Å². The average molecular weight is 293 g/mol. The Morgan fingerprint density at radius 1 is 1.48 bits per heavy atom. The lowest BCUT2D eigenvalue weighted by Crippen LogP contribution is -2.47. The van der Waals surface area contributed by atoms with Gasteiger partial charge in [0.2, 0.25) is 0 Å². The van der Waals surface area contributed by atoms with Crippen molar-refractivity contribution in [2.45, 2.75) is 13.0 Å². The minimum atomic E-state index is -0.410. The molecule has 0 saturated carbocycles. The Labute approximate surface area is 125 Å². The van der Waals surface area contributed by atoms with Crippen LogP contribution in [0.2, 0.25) is 0 Å². The molecule has 0 aromatic heterocycles. The highest BCUT2D eigenvalue weighted by atomic mass is 16.5. The normalized spacial score (nSPS) is 19.2. The third-order valence-corrected chi connectivity index (χ3v) is 3.40. The molecule has 2 rings (SSSR count). The quantitative estimate of drug-likeness (QED) is 0.807. The first-order valence-corrected chi connectivity index (χ1v) is 7.30. The summed E-state index contributed by atoms with van der Waals surface area (Å²) in [6.07, 6.45) is -0.410. The van der Waals surface area contributed by atoms with Gasteiger partial charge in [0.1, 0.15) is 18.5 Å². The lowest BCUT2D eigenvalue weighted by atomic mass is 10.2. The van der Waals surface area contributed by atoms with Crippen LogP contribution in [0.25, 0.3) is 0 Å². The number of morpholine rings is 1. The number of hydrogen-bond donors (Lipinski definition) is 2. The van der Waals surface area contributed by atoms with Crippen molar-refractivity contribution in [3.8, 4) is 5.75 Å². The predicted octanol–water partition coefficient (Wildman–Crippen LogP) is 0.683. The molecular formula is C15H23N3O3. The number of nitrogens with two attached hydrogens (primary N) is 1. The molecule has 6 heteroatoms. The van der Waals surface area contributed by atoms with Crippen molar-refractivity contribution < 1.29 is 14.3 Å². The number of nitrogens with zero attached hydrogens (tertiary/aromatic N) is 1. The van der Waals surface area contributed by atoms with Gasteiger partial charge in [0.05, 0.1) is 6.61 Å². The van der Waals surface area contributed by atoms with Crippen LogP contribution in [-0.2, 0) is 9.53 Å². The fourth-order valence-electron chi connectivity index (χ4n) is 2.18. The van der Waals surface area contributed by atoms with Gasteiger partial charge < -0.3 is 20.5 Å². The molecule has 1 heterocycles. The summed E-state index contributed by atoms with van der Waals surface area (Å²) in [4.78, 5) is 14.4. The largest absolute Gasteiger partial charge is 0.492 e. The number of hydrogen-bond acceptors (Lipinski definition) is 5. The van der Waals surface area contributed by atoms with Crippen molar-refractivity contribution in [1.29, 1.82) is 0 Å². The highest BCUT2D eigenvalue weighted by Gasteiger charge is 2.25. The van der Waals surface area contributed by atoms with Crippen LogP contribution in [0.3, 0.4) is 0 Å². The van der Waals surface area contributed by atoms with Crippen LogP contribution in [-0.4, -0.2) is 56.3 Å². The second-order valence-corrected chi connectivity index (χ2v) is 4.90.